The number of fused-ring (bicyclic) bond motifs is 1. The lowest BCUT2D eigenvalue weighted by Crippen LogP contribution is -2.38. The maximum absolute atomic E-state index is 11.2. The van der Waals surface area contributed by atoms with E-state index >= 15 is 0 Å². The summed E-state index contributed by atoms with van der Waals surface area (Å²) < 4.78 is 1.80. The Morgan fingerprint density at radius 3 is 2.96 bits per heavy atom. The van der Waals surface area contributed by atoms with E-state index in [1.54, 1.807) is 4.52 Å². The first-order valence-electron chi connectivity index (χ1n) is 8.02. The molecule has 1 fully saturated rings. The van der Waals surface area contributed by atoms with Gasteiger partial charge in [-0.1, -0.05) is 35.6 Å². The minimum atomic E-state index is -0.720. The van der Waals surface area contributed by atoms with E-state index in [9.17, 15) is 9.90 Å². The van der Waals surface area contributed by atoms with Crippen molar-refractivity contribution in [2.24, 2.45) is 5.92 Å². The third-order valence-corrected chi connectivity index (χ3v) is 5.48. The van der Waals surface area contributed by atoms with Gasteiger partial charge in [-0.15, -0.1) is 5.10 Å². The van der Waals surface area contributed by atoms with Gasteiger partial charge in [0.05, 0.1) is 17.8 Å². The summed E-state index contributed by atoms with van der Waals surface area (Å²) in [4.78, 5) is 18.8. The maximum atomic E-state index is 11.2. The monoisotopic (exact) mass is 342 g/mol. The Balaban J connectivity index is 1.62. The lowest BCUT2D eigenvalue weighted by Gasteiger charge is -2.29. The molecule has 1 aromatic carbocycles. The zero-order valence-corrected chi connectivity index (χ0v) is 14.2. The lowest BCUT2D eigenvalue weighted by atomic mass is 9.99. The molecule has 0 amide bonds. The number of hydrogen-bond donors (Lipinski definition) is 1. The molecule has 3 heterocycles. The quantitative estimate of drug-likeness (QED) is 0.792. The standard InChI is InChI=1S/C17H18N4O2S/c1-11-5-2-3-7-13(11)14-10-21-16(18-14)24-17(19-21)20-8-4-6-12(9-20)15(22)23/h2-3,5,7,10,12H,4,6,8-9H2,1H3,(H,22,23). The average molecular weight is 342 g/mol. The average Bonchev–Trinajstić information content (AvgIpc) is 3.14. The van der Waals surface area contributed by atoms with Crippen molar-refractivity contribution in [1.29, 1.82) is 0 Å². The number of carboxylic acid groups (broad SMARTS) is 1. The highest BCUT2D eigenvalue weighted by Gasteiger charge is 2.27. The second kappa shape index (κ2) is 5.90. The van der Waals surface area contributed by atoms with E-state index in [1.165, 1.54) is 16.9 Å². The van der Waals surface area contributed by atoms with Gasteiger partial charge in [0.2, 0.25) is 10.1 Å². The first kappa shape index (κ1) is 15.1. The molecule has 4 rings (SSSR count). The van der Waals surface area contributed by atoms with Gasteiger partial charge >= 0.3 is 5.97 Å². The van der Waals surface area contributed by atoms with Crippen LogP contribution in [0.25, 0.3) is 16.2 Å². The van der Waals surface area contributed by atoms with E-state index in [4.69, 9.17) is 0 Å². The van der Waals surface area contributed by atoms with Crippen LogP contribution in [0.1, 0.15) is 18.4 Å². The lowest BCUT2D eigenvalue weighted by molar-refractivity contribution is -0.141. The predicted molar refractivity (Wildman–Crippen MR) is 93.6 cm³/mol. The summed E-state index contributed by atoms with van der Waals surface area (Å²) in [5, 5.41) is 14.7. The molecule has 0 bridgehead atoms. The van der Waals surface area contributed by atoms with Gasteiger partial charge in [-0.2, -0.15) is 0 Å². The van der Waals surface area contributed by atoms with E-state index in [-0.39, 0.29) is 5.92 Å². The summed E-state index contributed by atoms with van der Waals surface area (Å²) in [7, 11) is 0. The molecule has 3 aromatic rings. The highest BCUT2D eigenvalue weighted by molar-refractivity contribution is 7.20. The number of rotatable bonds is 3. The van der Waals surface area contributed by atoms with Crippen molar-refractivity contribution in [1.82, 2.24) is 14.6 Å². The minimum absolute atomic E-state index is 0.308. The Morgan fingerprint density at radius 2 is 2.21 bits per heavy atom. The van der Waals surface area contributed by atoms with E-state index in [0.29, 0.717) is 6.54 Å². The summed E-state index contributed by atoms with van der Waals surface area (Å²) >= 11 is 1.51. The minimum Gasteiger partial charge on any atom is -0.481 e. The number of nitrogens with zero attached hydrogens (tertiary/aromatic N) is 4. The normalized spacial score (nSPS) is 18.2. The third-order valence-electron chi connectivity index (χ3n) is 4.49. The maximum Gasteiger partial charge on any atom is 0.308 e. The molecule has 124 valence electrons. The first-order valence-corrected chi connectivity index (χ1v) is 8.83. The van der Waals surface area contributed by atoms with Crippen molar-refractivity contribution < 1.29 is 9.90 Å². The molecule has 1 unspecified atom stereocenters. The van der Waals surface area contributed by atoms with Crippen molar-refractivity contribution in [3.05, 3.63) is 36.0 Å². The number of benzene rings is 1. The Bertz CT molecular complexity index is 870. The van der Waals surface area contributed by atoms with Crippen LogP contribution in [-0.2, 0) is 4.79 Å². The van der Waals surface area contributed by atoms with E-state index in [1.807, 2.05) is 18.3 Å². The zero-order chi connectivity index (χ0) is 16.7. The van der Waals surface area contributed by atoms with Crippen LogP contribution in [0.15, 0.2) is 30.5 Å². The summed E-state index contributed by atoms with van der Waals surface area (Å²) in [5.41, 5.74) is 3.21. The van der Waals surface area contributed by atoms with Gasteiger partial charge in [0.25, 0.3) is 0 Å². The van der Waals surface area contributed by atoms with Gasteiger partial charge in [0.1, 0.15) is 0 Å². The number of hydrogen-bond acceptors (Lipinski definition) is 5. The van der Waals surface area contributed by atoms with Crippen molar-refractivity contribution in [2.75, 3.05) is 18.0 Å². The molecule has 0 radical (unpaired) electrons. The van der Waals surface area contributed by atoms with Crippen LogP contribution in [0, 0.1) is 12.8 Å². The van der Waals surface area contributed by atoms with Gasteiger partial charge in [-0.3, -0.25) is 4.79 Å². The third kappa shape index (κ3) is 2.65. The number of carboxylic acids is 1. The fourth-order valence-electron chi connectivity index (χ4n) is 3.16. The first-order chi connectivity index (χ1) is 11.6. The number of aromatic nitrogens is 3. The molecule has 6 nitrogen and oxygen atoms in total. The SMILES string of the molecule is Cc1ccccc1-c1cn2nc(N3CCCC(C(=O)O)C3)sc2n1. The number of carbonyl (C=O) groups is 1. The Kier molecular flexibility index (Phi) is 3.72. The molecule has 24 heavy (non-hydrogen) atoms. The van der Waals surface area contributed by atoms with Crippen LogP contribution in [0.5, 0.6) is 0 Å². The molecule has 1 aliphatic heterocycles. The topological polar surface area (TPSA) is 70.7 Å². The number of aliphatic carboxylic acids is 1. The molecule has 0 aliphatic carbocycles. The van der Waals surface area contributed by atoms with Crippen LogP contribution < -0.4 is 4.90 Å². The smallest absolute Gasteiger partial charge is 0.308 e. The number of piperidine rings is 1. The van der Waals surface area contributed by atoms with Crippen LogP contribution in [0.3, 0.4) is 0 Å². The summed E-state index contributed by atoms with van der Waals surface area (Å²) in [5.74, 6) is -1.03. The Labute approximate surface area is 143 Å². The fourth-order valence-corrected chi connectivity index (χ4v) is 4.08. The van der Waals surface area contributed by atoms with E-state index in [0.717, 1.165) is 40.7 Å². The predicted octanol–water partition coefficient (Wildman–Crippen LogP) is 3.07. The number of aryl methyl sites for hydroxylation is 1. The van der Waals surface area contributed by atoms with Crippen LogP contribution in [0.4, 0.5) is 5.13 Å². The summed E-state index contributed by atoms with van der Waals surface area (Å²) in [6.07, 6.45) is 3.56. The summed E-state index contributed by atoms with van der Waals surface area (Å²) in [6, 6.07) is 8.16. The molecule has 7 heteroatoms. The molecule has 0 spiro atoms. The molecule has 1 atom stereocenters. The largest absolute Gasteiger partial charge is 0.481 e. The molecular formula is C17H18N4O2S. The highest BCUT2D eigenvalue weighted by Crippen LogP contribution is 2.30. The van der Waals surface area contributed by atoms with Crippen molar-refractivity contribution in [3.8, 4) is 11.3 Å². The van der Waals surface area contributed by atoms with Crippen LogP contribution in [0.2, 0.25) is 0 Å². The van der Waals surface area contributed by atoms with Gasteiger partial charge in [-0.05, 0) is 25.3 Å². The summed E-state index contributed by atoms with van der Waals surface area (Å²) in [6.45, 7) is 3.45. The van der Waals surface area contributed by atoms with Gasteiger partial charge in [0.15, 0.2) is 0 Å². The molecule has 1 N–H and O–H groups in total. The van der Waals surface area contributed by atoms with Gasteiger partial charge in [-0.25, -0.2) is 9.50 Å². The fraction of sp³-hybridized carbons (Fsp3) is 0.353. The number of imidazole rings is 1. The van der Waals surface area contributed by atoms with Crippen molar-refractivity contribution in [3.63, 3.8) is 0 Å². The van der Waals surface area contributed by atoms with Crippen molar-refractivity contribution in [2.45, 2.75) is 19.8 Å². The second-order valence-corrected chi connectivity index (χ2v) is 7.11. The molecule has 2 aromatic heterocycles. The zero-order valence-electron chi connectivity index (χ0n) is 13.3. The van der Waals surface area contributed by atoms with Crippen LogP contribution >= 0.6 is 11.3 Å². The number of anilines is 1. The van der Waals surface area contributed by atoms with E-state index in [2.05, 4.69) is 34.0 Å². The molecule has 1 aliphatic rings. The highest BCUT2D eigenvalue weighted by atomic mass is 32.1. The van der Waals surface area contributed by atoms with Gasteiger partial charge in [0, 0.05) is 18.7 Å². The van der Waals surface area contributed by atoms with Gasteiger partial charge < -0.3 is 10.0 Å². The molecule has 1 saturated heterocycles. The van der Waals surface area contributed by atoms with Crippen molar-refractivity contribution >= 4 is 27.4 Å². The Morgan fingerprint density at radius 1 is 1.38 bits per heavy atom. The van der Waals surface area contributed by atoms with Crippen LogP contribution in [-0.4, -0.2) is 38.8 Å². The molecule has 0 saturated carbocycles. The molecular weight excluding hydrogens is 324 g/mol. The Hall–Kier alpha value is -2.41. The second-order valence-electron chi connectivity index (χ2n) is 6.18. The van der Waals surface area contributed by atoms with E-state index < -0.39 is 5.97 Å².